The van der Waals surface area contributed by atoms with E-state index in [4.69, 9.17) is 9.88 Å². The van der Waals surface area contributed by atoms with Gasteiger partial charge in [0, 0.05) is 6.07 Å². The standard InChI is InChI=1S/C11H13F2NO4S/c1-2-3-4-18-11(15)7-5-10(19(14,16)17)9(13)6-8(7)12/h5-6H,2-4H2,1H3,(H2,14,16,17). The summed E-state index contributed by atoms with van der Waals surface area (Å²) in [6.45, 7) is 1.93. The van der Waals surface area contributed by atoms with Crippen molar-refractivity contribution in [1.82, 2.24) is 0 Å². The fraction of sp³-hybridized carbons (Fsp3) is 0.364. The van der Waals surface area contributed by atoms with Crippen LogP contribution in [0.25, 0.3) is 0 Å². The largest absolute Gasteiger partial charge is 0.462 e. The molecule has 2 N–H and O–H groups in total. The molecule has 0 radical (unpaired) electrons. The molecule has 0 atom stereocenters. The van der Waals surface area contributed by atoms with Crippen molar-refractivity contribution >= 4 is 16.0 Å². The van der Waals surface area contributed by atoms with Crippen molar-refractivity contribution in [3.63, 3.8) is 0 Å². The number of nitrogens with two attached hydrogens (primary N) is 1. The zero-order valence-corrected chi connectivity index (χ0v) is 11.0. The summed E-state index contributed by atoms with van der Waals surface area (Å²) in [6, 6.07) is 0.824. The van der Waals surface area contributed by atoms with Gasteiger partial charge in [-0.25, -0.2) is 27.1 Å². The molecule has 0 spiro atoms. The van der Waals surface area contributed by atoms with Crippen LogP contribution in [0.3, 0.4) is 0 Å². The third-order valence-corrected chi connectivity index (χ3v) is 3.20. The first kappa shape index (κ1) is 15.5. The molecule has 0 aromatic heterocycles. The number of esters is 1. The molecule has 0 aliphatic rings. The maximum absolute atomic E-state index is 13.4. The Balaban J connectivity index is 3.11. The van der Waals surface area contributed by atoms with E-state index in [9.17, 15) is 22.0 Å². The Morgan fingerprint density at radius 1 is 1.32 bits per heavy atom. The summed E-state index contributed by atoms with van der Waals surface area (Å²) in [4.78, 5) is 10.6. The molecule has 106 valence electrons. The molecule has 8 heteroatoms. The van der Waals surface area contributed by atoms with Gasteiger partial charge in [-0.2, -0.15) is 0 Å². The van der Waals surface area contributed by atoms with Gasteiger partial charge in [0.15, 0.2) is 0 Å². The second-order valence-electron chi connectivity index (χ2n) is 3.80. The van der Waals surface area contributed by atoms with E-state index in [1.54, 1.807) is 0 Å². The lowest BCUT2D eigenvalue weighted by molar-refractivity contribution is 0.0494. The molecule has 0 heterocycles. The highest BCUT2D eigenvalue weighted by atomic mass is 32.2. The molecule has 0 bridgehead atoms. The Labute approximate surface area is 109 Å². The van der Waals surface area contributed by atoms with Crippen LogP contribution in [-0.2, 0) is 14.8 Å². The van der Waals surface area contributed by atoms with Crippen LogP contribution in [0.15, 0.2) is 17.0 Å². The molecule has 1 aromatic carbocycles. The van der Waals surface area contributed by atoms with Gasteiger partial charge < -0.3 is 4.74 Å². The van der Waals surface area contributed by atoms with Gasteiger partial charge >= 0.3 is 5.97 Å². The van der Waals surface area contributed by atoms with E-state index >= 15 is 0 Å². The van der Waals surface area contributed by atoms with Crippen molar-refractivity contribution in [2.45, 2.75) is 24.7 Å². The summed E-state index contributed by atoms with van der Waals surface area (Å²) >= 11 is 0. The van der Waals surface area contributed by atoms with Gasteiger partial charge in [-0.15, -0.1) is 0 Å². The highest BCUT2D eigenvalue weighted by Gasteiger charge is 2.22. The minimum atomic E-state index is -4.38. The quantitative estimate of drug-likeness (QED) is 0.659. The smallest absolute Gasteiger partial charge is 0.341 e. The van der Waals surface area contributed by atoms with Crippen molar-refractivity contribution in [3.8, 4) is 0 Å². The number of carbonyl (C=O) groups excluding carboxylic acids is 1. The summed E-state index contributed by atoms with van der Waals surface area (Å²) in [5.41, 5.74) is -0.665. The Kier molecular flexibility index (Phi) is 4.96. The van der Waals surface area contributed by atoms with Crippen LogP contribution in [0.4, 0.5) is 8.78 Å². The van der Waals surface area contributed by atoms with Gasteiger partial charge in [-0.3, -0.25) is 0 Å². The first-order valence-corrected chi connectivity index (χ1v) is 7.01. The van der Waals surface area contributed by atoms with Crippen molar-refractivity contribution in [3.05, 3.63) is 29.3 Å². The van der Waals surface area contributed by atoms with E-state index in [0.29, 0.717) is 12.5 Å². The van der Waals surface area contributed by atoms with Crippen LogP contribution in [0, 0.1) is 11.6 Å². The van der Waals surface area contributed by atoms with Gasteiger partial charge in [0.1, 0.15) is 16.5 Å². The van der Waals surface area contributed by atoms with E-state index in [0.717, 1.165) is 6.42 Å². The molecule has 0 fully saturated rings. The van der Waals surface area contributed by atoms with E-state index in [1.807, 2.05) is 6.92 Å². The zero-order chi connectivity index (χ0) is 14.6. The van der Waals surface area contributed by atoms with Crippen molar-refractivity contribution in [1.29, 1.82) is 0 Å². The summed E-state index contributed by atoms with van der Waals surface area (Å²) in [7, 11) is -4.38. The fourth-order valence-corrected chi connectivity index (χ4v) is 1.90. The van der Waals surface area contributed by atoms with Crippen LogP contribution in [-0.4, -0.2) is 21.0 Å². The lowest BCUT2D eigenvalue weighted by Gasteiger charge is -2.07. The molecule has 0 saturated carbocycles. The predicted molar refractivity (Wildman–Crippen MR) is 62.9 cm³/mol. The molecule has 0 saturated heterocycles. The van der Waals surface area contributed by atoms with Crippen molar-refractivity contribution in [2.75, 3.05) is 6.61 Å². The molecule has 19 heavy (non-hydrogen) atoms. The van der Waals surface area contributed by atoms with Crippen LogP contribution in [0.2, 0.25) is 0 Å². The topological polar surface area (TPSA) is 86.5 Å². The molecule has 1 rings (SSSR count). The lowest BCUT2D eigenvalue weighted by Crippen LogP contribution is -2.17. The van der Waals surface area contributed by atoms with E-state index in [-0.39, 0.29) is 12.7 Å². The SMILES string of the molecule is CCCCOC(=O)c1cc(S(N)(=O)=O)c(F)cc1F. The molecule has 0 aliphatic carbocycles. The summed E-state index contributed by atoms with van der Waals surface area (Å²) in [5.74, 6) is -3.62. The predicted octanol–water partition coefficient (Wildman–Crippen LogP) is 1.57. The second kappa shape index (κ2) is 6.07. The summed E-state index contributed by atoms with van der Waals surface area (Å²) < 4.78 is 53.5. The minimum absolute atomic E-state index is 0.0663. The molecular formula is C11H13F2NO4S. The Morgan fingerprint density at radius 3 is 2.47 bits per heavy atom. The maximum Gasteiger partial charge on any atom is 0.341 e. The highest BCUT2D eigenvalue weighted by Crippen LogP contribution is 2.19. The third kappa shape index (κ3) is 3.97. The Hall–Kier alpha value is -1.54. The van der Waals surface area contributed by atoms with Crippen molar-refractivity contribution < 1.29 is 26.7 Å². The Bertz CT molecular complexity index is 587. The molecule has 5 nitrogen and oxygen atoms in total. The summed E-state index contributed by atoms with van der Waals surface area (Å²) in [6.07, 6.45) is 1.35. The van der Waals surface area contributed by atoms with E-state index in [2.05, 4.69) is 0 Å². The number of hydrogen-bond donors (Lipinski definition) is 1. The number of carbonyl (C=O) groups is 1. The maximum atomic E-state index is 13.4. The molecular weight excluding hydrogens is 280 g/mol. The number of hydrogen-bond acceptors (Lipinski definition) is 4. The number of rotatable bonds is 5. The molecule has 0 unspecified atom stereocenters. The number of halogens is 2. The average molecular weight is 293 g/mol. The fourth-order valence-electron chi connectivity index (χ4n) is 1.29. The van der Waals surface area contributed by atoms with Gasteiger partial charge in [0.05, 0.1) is 12.2 Å². The third-order valence-electron chi connectivity index (χ3n) is 2.28. The first-order chi connectivity index (χ1) is 8.77. The van der Waals surface area contributed by atoms with Crippen LogP contribution >= 0.6 is 0 Å². The van der Waals surface area contributed by atoms with Gasteiger partial charge in [0.25, 0.3) is 0 Å². The highest BCUT2D eigenvalue weighted by molar-refractivity contribution is 7.89. The van der Waals surface area contributed by atoms with Crippen LogP contribution < -0.4 is 5.14 Å². The number of ether oxygens (including phenoxy) is 1. The van der Waals surface area contributed by atoms with Gasteiger partial charge in [-0.1, -0.05) is 13.3 Å². The van der Waals surface area contributed by atoms with Crippen LogP contribution in [0.1, 0.15) is 30.1 Å². The average Bonchev–Trinajstić information content (AvgIpc) is 2.27. The monoisotopic (exact) mass is 293 g/mol. The van der Waals surface area contributed by atoms with E-state index in [1.165, 1.54) is 0 Å². The van der Waals surface area contributed by atoms with Crippen molar-refractivity contribution in [2.24, 2.45) is 5.14 Å². The van der Waals surface area contributed by atoms with E-state index < -0.39 is 38.1 Å². The molecule has 0 aliphatic heterocycles. The number of benzene rings is 1. The number of sulfonamides is 1. The van der Waals surface area contributed by atoms with Gasteiger partial charge in [0.2, 0.25) is 10.0 Å². The number of primary sulfonamides is 1. The normalized spacial score (nSPS) is 11.4. The summed E-state index contributed by atoms with van der Waals surface area (Å²) in [5, 5.41) is 4.76. The Morgan fingerprint density at radius 2 is 1.95 bits per heavy atom. The van der Waals surface area contributed by atoms with Gasteiger partial charge in [-0.05, 0) is 12.5 Å². The first-order valence-electron chi connectivity index (χ1n) is 5.46. The lowest BCUT2D eigenvalue weighted by atomic mass is 10.2. The minimum Gasteiger partial charge on any atom is -0.462 e. The molecule has 1 aromatic rings. The molecule has 0 amide bonds. The van der Waals surface area contributed by atoms with Crippen LogP contribution in [0.5, 0.6) is 0 Å². The second-order valence-corrected chi connectivity index (χ2v) is 5.33. The number of unbranched alkanes of at least 4 members (excludes halogenated alkanes) is 1. The zero-order valence-electron chi connectivity index (χ0n) is 10.2.